The van der Waals surface area contributed by atoms with Crippen molar-refractivity contribution in [1.82, 2.24) is 0 Å². The lowest BCUT2D eigenvalue weighted by Crippen LogP contribution is -2.32. The summed E-state index contributed by atoms with van der Waals surface area (Å²) in [6, 6.07) is 25.4. The van der Waals surface area contributed by atoms with Crippen molar-refractivity contribution in [3.05, 3.63) is 83.9 Å². The summed E-state index contributed by atoms with van der Waals surface area (Å²) in [6.45, 7) is 2.13. The summed E-state index contributed by atoms with van der Waals surface area (Å²) in [5, 5.41) is 4.81. The lowest BCUT2D eigenvalue weighted by atomic mass is 9.93. The first-order chi connectivity index (χ1) is 15.3. The first kappa shape index (κ1) is 18.7. The molecule has 2 unspecified atom stereocenters. The SMILES string of the molecule is c1ccc2c(Cc3c(OC4CCO4)ccc4ccccc34)c(OCC3CO3)ccc2c1. The number of hydrogen-bond acceptors (Lipinski definition) is 4. The highest BCUT2D eigenvalue weighted by Gasteiger charge is 2.25. The van der Waals surface area contributed by atoms with Gasteiger partial charge in [-0.1, -0.05) is 60.7 Å². The molecule has 4 aromatic carbocycles. The second kappa shape index (κ2) is 7.88. The maximum absolute atomic E-state index is 6.24. The molecule has 2 fully saturated rings. The lowest BCUT2D eigenvalue weighted by Gasteiger charge is -2.28. The van der Waals surface area contributed by atoms with Crippen LogP contribution in [-0.4, -0.2) is 32.2 Å². The monoisotopic (exact) mass is 412 g/mol. The van der Waals surface area contributed by atoms with Crippen molar-refractivity contribution in [3.63, 3.8) is 0 Å². The van der Waals surface area contributed by atoms with Crippen molar-refractivity contribution < 1.29 is 18.9 Å². The van der Waals surface area contributed by atoms with Gasteiger partial charge >= 0.3 is 0 Å². The molecule has 2 aliphatic heterocycles. The number of rotatable bonds is 7. The summed E-state index contributed by atoms with van der Waals surface area (Å²) in [4.78, 5) is 0. The zero-order valence-corrected chi connectivity index (χ0v) is 17.3. The summed E-state index contributed by atoms with van der Waals surface area (Å²) in [7, 11) is 0. The van der Waals surface area contributed by atoms with Crippen molar-refractivity contribution in [2.75, 3.05) is 19.8 Å². The number of hydrogen-bond donors (Lipinski definition) is 0. The summed E-state index contributed by atoms with van der Waals surface area (Å²) in [5.41, 5.74) is 2.34. The fourth-order valence-corrected chi connectivity index (χ4v) is 4.21. The Labute approximate surface area is 181 Å². The highest BCUT2D eigenvalue weighted by molar-refractivity contribution is 5.91. The second-order valence-electron chi connectivity index (χ2n) is 8.18. The molecule has 0 radical (unpaired) electrons. The minimum absolute atomic E-state index is 0.157. The van der Waals surface area contributed by atoms with E-state index < -0.39 is 0 Å². The second-order valence-corrected chi connectivity index (χ2v) is 8.18. The first-order valence-corrected chi connectivity index (χ1v) is 10.9. The Morgan fingerprint density at radius 3 is 1.97 bits per heavy atom. The molecule has 0 aromatic heterocycles. The highest BCUT2D eigenvalue weighted by atomic mass is 16.7. The molecule has 31 heavy (non-hydrogen) atoms. The molecule has 2 saturated heterocycles. The lowest BCUT2D eigenvalue weighted by molar-refractivity contribution is -0.165. The van der Waals surface area contributed by atoms with E-state index in [1.807, 2.05) is 0 Å². The summed E-state index contributed by atoms with van der Waals surface area (Å²) < 4.78 is 23.4. The average molecular weight is 412 g/mol. The molecule has 0 N–H and O–H groups in total. The third-order valence-corrected chi connectivity index (χ3v) is 6.09. The van der Waals surface area contributed by atoms with E-state index >= 15 is 0 Å². The van der Waals surface area contributed by atoms with Gasteiger partial charge in [-0.05, 0) is 33.7 Å². The minimum Gasteiger partial charge on any atom is -0.490 e. The third-order valence-electron chi connectivity index (χ3n) is 6.09. The van der Waals surface area contributed by atoms with Crippen LogP contribution in [0.4, 0.5) is 0 Å². The van der Waals surface area contributed by atoms with Gasteiger partial charge in [0, 0.05) is 24.0 Å². The molecule has 2 atom stereocenters. The molecule has 2 heterocycles. The number of ether oxygens (including phenoxy) is 4. The fourth-order valence-electron chi connectivity index (χ4n) is 4.21. The van der Waals surface area contributed by atoms with Crippen molar-refractivity contribution in [2.45, 2.75) is 25.2 Å². The van der Waals surface area contributed by atoms with Gasteiger partial charge in [0.1, 0.15) is 24.2 Å². The average Bonchev–Trinajstić information content (AvgIpc) is 3.61. The van der Waals surface area contributed by atoms with Gasteiger partial charge in [0.25, 0.3) is 0 Å². The minimum atomic E-state index is -0.157. The molecule has 4 aromatic rings. The molecular formula is C27H24O4. The molecule has 6 rings (SSSR count). The summed E-state index contributed by atoms with van der Waals surface area (Å²) >= 11 is 0. The molecule has 2 aliphatic rings. The number of fused-ring (bicyclic) bond motifs is 2. The maximum atomic E-state index is 6.24. The van der Waals surface area contributed by atoms with Crippen molar-refractivity contribution in [1.29, 1.82) is 0 Å². The van der Waals surface area contributed by atoms with Gasteiger partial charge in [-0.25, -0.2) is 0 Å². The topological polar surface area (TPSA) is 40.2 Å². The zero-order chi connectivity index (χ0) is 20.6. The standard InChI is InChI=1S/C27H24O4/c1-3-7-21-18(5-1)9-11-25(30-17-20-16-29-20)23(21)15-24-22-8-4-2-6-19(22)10-12-26(24)31-27-13-14-28-27/h1-12,20,27H,13-17H2. The Balaban J connectivity index is 1.47. The quantitative estimate of drug-likeness (QED) is 0.377. The number of epoxide rings is 1. The van der Waals surface area contributed by atoms with Crippen molar-refractivity contribution >= 4 is 21.5 Å². The largest absolute Gasteiger partial charge is 0.490 e. The smallest absolute Gasteiger partial charge is 0.202 e. The van der Waals surface area contributed by atoms with E-state index in [1.165, 1.54) is 27.1 Å². The Hall–Kier alpha value is -3.08. The van der Waals surface area contributed by atoms with E-state index in [0.717, 1.165) is 36.7 Å². The predicted octanol–water partition coefficient (Wildman–Crippen LogP) is 5.49. The fraction of sp³-hybridized carbons (Fsp3) is 0.259. The van der Waals surface area contributed by atoms with Crippen LogP contribution in [0.5, 0.6) is 11.5 Å². The van der Waals surface area contributed by atoms with E-state index in [4.69, 9.17) is 18.9 Å². The van der Waals surface area contributed by atoms with Crippen LogP contribution in [0.15, 0.2) is 72.8 Å². The predicted molar refractivity (Wildman–Crippen MR) is 121 cm³/mol. The Morgan fingerprint density at radius 1 is 0.742 bits per heavy atom. The summed E-state index contributed by atoms with van der Waals surface area (Å²) in [5.74, 6) is 1.79. The molecule has 0 amide bonds. The van der Waals surface area contributed by atoms with E-state index in [0.29, 0.717) is 13.0 Å². The maximum Gasteiger partial charge on any atom is 0.202 e. The van der Waals surface area contributed by atoms with E-state index in [9.17, 15) is 0 Å². The number of benzene rings is 4. The third kappa shape index (κ3) is 3.73. The van der Waals surface area contributed by atoms with Gasteiger partial charge in [-0.15, -0.1) is 0 Å². The van der Waals surface area contributed by atoms with E-state index in [1.54, 1.807) is 0 Å². The van der Waals surface area contributed by atoms with Gasteiger partial charge in [0.05, 0.1) is 13.2 Å². The van der Waals surface area contributed by atoms with Crippen LogP contribution in [0.3, 0.4) is 0 Å². The van der Waals surface area contributed by atoms with Crippen LogP contribution in [0.1, 0.15) is 17.5 Å². The molecule has 0 saturated carbocycles. The van der Waals surface area contributed by atoms with Crippen LogP contribution in [0, 0.1) is 0 Å². The molecule has 4 heteroatoms. The Bertz CT molecular complexity index is 1240. The van der Waals surface area contributed by atoms with Crippen LogP contribution in [0.25, 0.3) is 21.5 Å². The molecule has 0 aliphatic carbocycles. The zero-order valence-electron chi connectivity index (χ0n) is 17.3. The molecule has 156 valence electrons. The van der Waals surface area contributed by atoms with Crippen LogP contribution in [-0.2, 0) is 15.9 Å². The Kier molecular flexibility index (Phi) is 4.74. The van der Waals surface area contributed by atoms with Gasteiger partial charge in [-0.2, -0.15) is 0 Å². The van der Waals surface area contributed by atoms with E-state index in [-0.39, 0.29) is 12.4 Å². The van der Waals surface area contributed by atoms with Gasteiger partial charge in [0.2, 0.25) is 6.29 Å². The first-order valence-electron chi connectivity index (χ1n) is 10.9. The highest BCUT2D eigenvalue weighted by Crippen LogP contribution is 2.37. The van der Waals surface area contributed by atoms with Crippen LogP contribution < -0.4 is 9.47 Å². The molecule has 0 spiro atoms. The summed E-state index contributed by atoms with van der Waals surface area (Å²) in [6.07, 6.45) is 1.70. The molecular weight excluding hydrogens is 388 g/mol. The van der Waals surface area contributed by atoms with Crippen molar-refractivity contribution in [3.8, 4) is 11.5 Å². The van der Waals surface area contributed by atoms with Gasteiger partial charge in [0.15, 0.2) is 0 Å². The van der Waals surface area contributed by atoms with Gasteiger partial charge in [-0.3, -0.25) is 0 Å². The van der Waals surface area contributed by atoms with Crippen LogP contribution in [0.2, 0.25) is 0 Å². The van der Waals surface area contributed by atoms with E-state index in [2.05, 4.69) is 72.8 Å². The molecule has 0 bridgehead atoms. The molecule has 4 nitrogen and oxygen atoms in total. The normalized spacial score (nSPS) is 19.9. The van der Waals surface area contributed by atoms with Crippen molar-refractivity contribution in [2.24, 2.45) is 0 Å². The Morgan fingerprint density at radius 2 is 1.35 bits per heavy atom. The van der Waals surface area contributed by atoms with Crippen LogP contribution >= 0.6 is 0 Å². The van der Waals surface area contributed by atoms with Gasteiger partial charge < -0.3 is 18.9 Å².